The standard InChI is InChI=1S/C11H17N3/c1-11(2)7-13-10-8(6-12)4-3-5-9(10)14-11/h3-5,13-14H,6-7,12H2,1-2H3. The van der Waals surface area contributed by atoms with E-state index >= 15 is 0 Å². The monoisotopic (exact) mass is 191 g/mol. The molecule has 0 fully saturated rings. The van der Waals surface area contributed by atoms with Gasteiger partial charge in [-0.3, -0.25) is 0 Å². The van der Waals surface area contributed by atoms with E-state index < -0.39 is 0 Å². The Hall–Kier alpha value is -1.22. The molecule has 1 aliphatic rings. The highest BCUT2D eigenvalue weighted by molar-refractivity contribution is 5.75. The van der Waals surface area contributed by atoms with Gasteiger partial charge in [0, 0.05) is 18.6 Å². The molecular formula is C11H17N3. The van der Waals surface area contributed by atoms with Crippen LogP contribution >= 0.6 is 0 Å². The summed E-state index contributed by atoms with van der Waals surface area (Å²) in [5.74, 6) is 0. The molecule has 4 N–H and O–H groups in total. The third-order valence-electron chi connectivity index (χ3n) is 2.55. The molecule has 0 aliphatic carbocycles. The first-order valence-corrected chi connectivity index (χ1v) is 4.96. The Kier molecular flexibility index (Phi) is 2.11. The molecule has 0 amide bonds. The number of hydrogen-bond acceptors (Lipinski definition) is 3. The van der Waals surface area contributed by atoms with Gasteiger partial charge in [0.2, 0.25) is 0 Å². The minimum Gasteiger partial charge on any atom is -0.381 e. The SMILES string of the molecule is CC1(C)CNc2c(CN)cccc2N1. The maximum atomic E-state index is 5.67. The molecular weight excluding hydrogens is 174 g/mol. The summed E-state index contributed by atoms with van der Waals surface area (Å²) in [5, 5.41) is 6.92. The van der Waals surface area contributed by atoms with E-state index in [0.717, 1.165) is 17.9 Å². The van der Waals surface area contributed by atoms with E-state index in [-0.39, 0.29) is 5.54 Å². The predicted molar refractivity (Wildman–Crippen MR) is 60.5 cm³/mol. The second-order valence-corrected chi connectivity index (χ2v) is 4.41. The average Bonchev–Trinajstić information content (AvgIpc) is 2.15. The van der Waals surface area contributed by atoms with Crippen LogP contribution in [0, 0.1) is 0 Å². The molecule has 0 saturated carbocycles. The maximum Gasteiger partial charge on any atom is 0.0622 e. The van der Waals surface area contributed by atoms with Gasteiger partial charge in [0.25, 0.3) is 0 Å². The highest BCUT2D eigenvalue weighted by Gasteiger charge is 2.24. The second-order valence-electron chi connectivity index (χ2n) is 4.41. The molecule has 1 heterocycles. The van der Waals surface area contributed by atoms with Crippen LogP contribution in [0.5, 0.6) is 0 Å². The molecule has 0 radical (unpaired) electrons. The lowest BCUT2D eigenvalue weighted by Crippen LogP contribution is -2.42. The van der Waals surface area contributed by atoms with Gasteiger partial charge in [0.15, 0.2) is 0 Å². The molecule has 3 heteroatoms. The van der Waals surface area contributed by atoms with Gasteiger partial charge in [-0.25, -0.2) is 0 Å². The Morgan fingerprint density at radius 1 is 1.43 bits per heavy atom. The maximum absolute atomic E-state index is 5.67. The summed E-state index contributed by atoms with van der Waals surface area (Å²) in [7, 11) is 0. The Morgan fingerprint density at radius 3 is 2.93 bits per heavy atom. The third kappa shape index (κ3) is 1.55. The van der Waals surface area contributed by atoms with Gasteiger partial charge in [-0.1, -0.05) is 12.1 Å². The van der Waals surface area contributed by atoms with Crippen molar-refractivity contribution in [1.29, 1.82) is 0 Å². The summed E-state index contributed by atoms with van der Waals surface area (Å²) in [4.78, 5) is 0. The first-order chi connectivity index (χ1) is 6.62. The Bertz CT molecular complexity index is 344. The zero-order valence-electron chi connectivity index (χ0n) is 8.72. The molecule has 14 heavy (non-hydrogen) atoms. The predicted octanol–water partition coefficient (Wildman–Crippen LogP) is 1.76. The Morgan fingerprint density at radius 2 is 2.21 bits per heavy atom. The number of rotatable bonds is 1. The minimum atomic E-state index is 0.111. The summed E-state index contributed by atoms with van der Waals surface area (Å²) in [5.41, 5.74) is 9.27. The summed E-state index contributed by atoms with van der Waals surface area (Å²) in [6, 6.07) is 6.19. The second kappa shape index (κ2) is 3.17. The number of para-hydroxylation sites is 1. The van der Waals surface area contributed by atoms with Crippen LogP contribution in [0.15, 0.2) is 18.2 Å². The van der Waals surface area contributed by atoms with Gasteiger partial charge in [0.05, 0.1) is 11.4 Å². The highest BCUT2D eigenvalue weighted by atomic mass is 15.1. The van der Waals surface area contributed by atoms with Crippen molar-refractivity contribution < 1.29 is 0 Å². The van der Waals surface area contributed by atoms with Crippen molar-refractivity contribution >= 4 is 11.4 Å². The molecule has 0 spiro atoms. The number of nitrogens with two attached hydrogens (primary N) is 1. The molecule has 1 aromatic carbocycles. The van der Waals surface area contributed by atoms with Crippen LogP contribution in [0.25, 0.3) is 0 Å². The van der Waals surface area contributed by atoms with Crippen LogP contribution in [0.4, 0.5) is 11.4 Å². The van der Waals surface area contributed by atoms with Crippen LogP contribution in [-0.2, 0) is 6.54 Å². The van der Waals surface area contributed by atoms with E-state index in [9.17, 15) is 0 Å². The fourth-order valence-electron chi connectivity index (χ4n) is 1.80. The number of anilines is 2. The van der Waals surface area contributed by atoms with E-state index in [1.807, 2.05) is 6.07 Å². The van der Waals surface area contributed by atoms with Gasteiger partial charge >= 0.3 is 0 Å². The first kappa shape index (κ1) is 9.34. The third-order valence-corrected chi connectivity index (χ3v) is 2.55. The molecule has 1 aliphatic heterocycles. The lowest BCUT2D eigenvalue weighted by molar-refractivity contribution is 0.588. The van der Waals surface area contributed by atoms with Crippen LogP contribution in [0.2, 0.25) is 0 Å². The molecule has 0 saturated heterocycles. The topological polar surface area (TPSA) is 50.1 Å². The fraction of sp³-hybridized carbons (Fsp3) is 0.455. The van der Waals surface area contributed by atoms with E-state index in [2.05, 4.69) is 36.6 Å². The number of hydrogen-bond donors (Lipinski definition) is 3. The summed E-state index contributed by atoms with van der Waals surface area (Å²) in [6.07, 6.45) is 0. The van der Waals surface area contributed by atoms with Gasteiger partial charge in [-0.05, 0) is 25.5 Å². The van der Waals surface area contributed by atoms with Crippen molar-refractivity contribution in [2.45, 2.75) is 25.9 Å². The van der Waals surface area contributed by atoms with Crippen molar-refractivity contribution in [3.63, 3.8) is 0 Å². The van der Waals surface area contributed by atoms with Crippen molar-refractivity contribution in [3.05, 3.63) is 23.8 Å². The minimum absolute atomic E-state index is 0.111. The van der Waals surface area contributed by atoms with Gasteiger partial charge in [-0.15, -0.1) is 0 Å². The molecule has 0 unspecified atom stereocenters. The molecule has 3 nitrogen and oxygen atoms in total. The molecule has 1 aromatic rings. The average molecular weight is 191 g/mol. The summed E-state index contributed by atoms with van der Waals surface area (Å²) < 4.78 is 0. The van der Waals surface area contributed by atoms with Gasteiger partial charge in [-0.2, -0.15) is 0 Å². The Balaban J connectivity index is 2.40. The molecule has 0 aromatic heterocycles. The van der Waals surface area contributed by atoms with Crippen LogP contribution in [-0.4, -0.2) is 12.1 Å². The molecule has 2 rings (SSSR count). The largest absolute Gasteiger partial charge is 0.381 e. The zero-order chi connectivity index (χ0) is 10.2. The van der Waals surface area contributed by atoms with E-state index in [1.54, 1.807) is 0 Å². The fourth-order valence-corrected chi connectivity index (χ4v) is 1.80. The van der Waals surface area contributed by atoms with Gasteiger partial charge in [0.1, 0.15) is 0 Å². The smallest absolute Gasteiger partial charge is 0.0622 e. The van der Waals surface area contributed by atoms with Crippen LogP contribution in [0.3, 0.4) is 0 Å². The van der Waals surface area contributed by atoms with E-state index in [1.165, 1.54) is 5.56 Å². The van der Waals surface area contributed by atoms with Crippen molar-refractivity contribution in [1.82, 2.24) is 0 Å². The molecule has 0 atom stereocenters. The van der Waals surface area contributed by atoms with E-state index in [4.69, 9.17) is 5.73 Å². The van der Waals surface area contributed by atoms with E-state index in [0.29, 0.717) is 6.54 Å². The molecule has 0 bridgehead atoms. The normalized spacial score (nSPS) is 17.9. The van der Waals surface area contributed by atoms with Gasteiger partial charge < -0.3 is 16.4 Å². The number of nitrogens with one attached hydrogen (secondary N) is 2. The zero-order valence-corrected chi connectivity index (χ0v) is 8.72. The highest BCUT2D eigenvalue weighted by Crippen LogP contribution is 2.32. The molecule has 76 valence electrons. The van der Waals surface area contributed by atoms with Crippen molar-refractivity contribution in [2.24, 2.45) is 5.73 Å². The summed E-state index contributed by atoms with van der Waals surface area (Å²) >= 11 is 0. The lowest BCUT2D eigenvalue weighted by atomic mass is 9.99. The van der Waals surface area contributed by atoms with Crippen molar-refractivity contribution in [3.8, 4) is 0 Å². The van der Waals surface area contributed by atoms with Crippen molar-refractivity contribution in [2.75, 3.05) is 17.2 Å². The quantitative estimate of drug-likeness (QED) is 0.634. The van der Waals surface area contributed by atoms with Crippen LogP contribution < -0.4 is 16.4 Å². The Labute approximate surface area is 84.7 Å². The first-order valence-electron chi connectivity index (χ1n) is 4.96. The summed E-state index contributed by atoms with van der Waals surface area (Å²) in [6.45, 7) is 5.87. The lowest BCUT2D eigenvalue weighted by Gasteiger charge is -2.35. The number of fused-ring (bicyclic) bond motifs is 1. The number of benzene rings is 1. The van der Waals surface area contributed by atoms with Crippen LogP contribution in [0.1, 0.15) is 19.4 Å².